The number of benzene rings is 7. The molecule has 0 fully saturated rings. The van der Waals surface area contributed by atoms with Crippen LogP contribution in [0.3, 0.4) is 0 Å². The molecule has 10 rings (SSSR count). The number of nitrogens with zero attached hydrogens (tertiary/aromatic N) is 2. The van der Waals surface area contributed by atoms with Crippen LogP contribution in [0.2, 0.25) is 0 Å². The van der Waals surface area contributed by atoms with Crippen molar-refractivity contribution in [2.24, 2.45) is 0 Å². The van der Waals surface area contributed by atoms with Crippen LogP contribution < -0.4 is 0 Å². The topological polar surface area (TPSA) is 38.9 Å². The average molecular weight is 677 g/mol. The van der Waals surface area contributed by atoms with E-state index in [1.165, 1.54) is 10.9 Å². The largest absolute Gasteiger partial charge is 0.455 e. The van der Waals surface area contributed by atoms with Crippen LogP contribution in [0.5, 0.6) is 0 Å². The van der Waals surface area contributed by atoms with E-state index in [1.54, 1.807) is 0 Å². The molecule has 0 radical (unpaired) electrons. The Kier molecular flexibility index (Phi) is 7.47. The fraction of sp³-hybridized carbons (Fsp3) is 0. The lowest BCUT2D eigenvalue weighted by Crippen LogP contribution is -1.91. The molecular formula is C50H32N2O. The second kappa shape index (κ2) is 12.9. The molecule has 0 saturated carbocycles. The minimum absolute atomic E-state index is 0.858. The summed E-state index contributed by atoms with van der Waals surface area (Å²) in [6, 6.07) is 66.0. The van der Waals surface area contributed by atoms with Gasteiger partial charge in [-0.1, -0.05) is 176 Å². The quantitative estimate of drug-likeness (QED) is 0.165. The Bertz CT molecular complexity index is 2910. The molecule has 0 N–H and O–H groups in total. The molecule has 0 saturated heterocycles. The van der Waals surface area contributed by atoms with Crippen LogP contribution in [-0.4, -0.2) is 9.97 Å². The first-order valence-corrected chi connectivity index (χ1v) is 17.9. The van der Waals surface area contributed by atoms with Crippen molar-refractivity contribution in [1.82, 2.24) is 9.97 Å². The molecule has 3 heteroatoms. The van der Waals surface area contributed by atoms with Crippen molar-refractivity contribution in [2.75, 3.05) is 0 Å². The van der Waals surface area contributed by atoms with E-state index in [9.17, 15) is 0 Å². The monoisotopic (exact) mass is 676 g/mol. The Morgan fingerprint density at radius 3 is 1.47 bits per heavy atom. The van der Waals surface area contributed by atoms with Gasteiger partial charge in [-0.15, -0.1) is 0 Å². The Morgan fingerprint density at radius 2 is 0.830 bits per heavy atom. The van der Waals surface area contributed by atoms with Crippen molar-refractivity contribution in [3.8, 4) is 67.3 Å². The van der Waals surface area contributed by atoms with Crippen molar-refractivity contribution in [3.05, 3.63) is 194 Å². The summed E-state index contributed by atoms with van der Waals surface area (Å²) in [7, 11) is 0. The summed E-state index contributed by atoms with van der Waals surface area (Å²) in [6.45, 7) is 0. The van der Waals surface area contributed by atoms with Gasteiger partial charge in [-0.3, -0.25) is 4.98 Å². The zero-order valence-corrected chi connectivity index (χ0v) is 28.8. The molecule has 3 heterocycles. The Balaban J connectivity index is 1.12. The number of fused-ring (bicyclic) bond motifs is 4. The van der Waals surface area contributed by atoms with Crippen molar-refractivity contribution in [3.63, 3.8) is 0 Å². The van der Waals surface area contributed by atoms with Crippen LogP contribution in [0.15, 0.2) is 199 Å². The van der Waals surface area contributed by atoms with E-state index in [2.05, 4.69) is 175 Å². The smallest absolute Gasteiger partial charge is 0.143 e. The third-order valence-corrected chi connectivity index (χ3v) is 10.2. The van der Waals surface area contributed by atoms with Gasteiger partial charge >= 0.3 is 0 Å². The summed E-state index contributed by atoms with van der Waals surface area (Å²) in [5, 5.41) is 4.52. The molecule has 0 aliphatic rings. The van der Waals surface area contributed by atoms with E-state index in [-0.39, 0.29) is 0 Å². The molecule has 0 aliphatic carbocycles. The molecule has 0 atom stereocenters. The van der Waals surface area contributed by atoms with Crippen LogP contribution in [0.25, 0.3) is 99.9 Å². The maximum absolute atomic E-state index is 6.90. The molecule has 0 amide bonds. The van der Waals surface area contributed by atoms with Crippen LogP contribution in [0.1, 0.15) is 0 Å². The lowest BCUT2D eigenvalue weighted by molar-refractivity contribution is 0.599. The second-order valence-corrected chi connectivity index (χ2v) is 13.3. The van der Waals surface area contributed by atoms with Gasteiger partial charge in [0.25, 0.3) is 0 Å². The third kappa shape index (κ3) is 5.38. The Labute approximate surface area is 307 Å². The first kappa shape index (κ1) is 30.7. The maximum atomic E-state index is 6.90. The molecule has 0 aliphatic heterocycles. The molecule has 7 aromatic carbocycles. The summed E-state index contributed by atoms with van der Waals surface area (Å²) < 4.78 is 6.90. The Hall–Kier alpha value is -7.10. The zero-order valence-electron chi connectivity index (χ0n) is 28.8. The average Bonchev–Trinajstić information content (AvgIpc) is 3.65. The third-order valence-electron chi connectivity index (χ3n) is 10.2. The van der Waals surface area contributed by atoms with E-state index >= 15 is 0 Å². The number of furan rings is 1. The zero-order chi connectivity index (χ0) is 35.1. The highest BCUT2D eigenvalue weighted by Gasteiger charge is 2.25. The number of pyridine rings is 2. The minimum Gasteiger partial charge on any atom is -0.455 e. The van der Waals surface area contributed by atoms with E-state index < -0.39 is 0 Å². The summed E-state index contributed by atoms with van der Waals surface area (Å²) in [6.07, 6.45) is 1.84. The van der Waals surface area contributed by atoms with Crippen molar-refractivity contribution in [2.45, 2.75) is 0 Å². The SMILES string of the molecule is c1ccc(-c2oc(-c3ccccc3)c(-c3ccc(-c4ccc(-c5ccc6ccc7cccnc7c6n5)c5ccccc45)cc3)c2-c2ccccc2)cc1. The molecule has 248 valence electrons. The van der Waals surface area contributed by atoms with Gasteiger partial charge in [0.15, 0.2) is 0 Å². The number of rotatable bonds is 6. The van der Waals surface area contributed by atoms with Crippen LogP contribution >= 0.6 is 0 Å². The Morgan fingerprint density at radius 1 is 0.340 bits per heavy atom. The fourth-order valence-corrected chi connectivity index (χ4v) is 7.64. The lowest BCUT2D eigenvalue weighted by atomic mass is 9.89. The standard InChI is InChI=1S/C50H32N2O/c1-4-13-34(14-5-1)45-46(50(39-17-8-3-9-18-39)53-49(45)38-15-6-2-7-16-38)35-24-22-33(23-25-35)40-29-30-43(42-21-11-10-20-41(40)42)44-31-28-37-27-26-36-19-12-32-51-47(36)48(37)52-44/h1-32H. The van der Waals surface area contributed by atoms with Gasteiger partial charge < -0.3 is 4.42 Å². The highest BCUT2D eigenvalue weighted by molar-refractivity contribution is 6.07. The van der Waals surface area contributed by atoms with Crippen LogP contribution in [-0.2, 0) is 0 Å². The number of hydrogen-bond acceptors (Lipinski definition) is 3. The highest BCUT2D eigenvalue weighted by Crippen LogP contribution is 2.49. The molecular weight excluding hydrogens is 645 g/mol. The van der Waals surface area contributed by atoms with Crippen molar-refractivity contribution >= 4 is 32.6 Å². The molecule has 0 unspecified atom stereocenters. The van der Waals surface area contributed by atoms with Crippen LogP contribution in [0.4, 0.5) is 0 Å². The van der Waals surface area contributed by atoms with E-state index in [1.807, 2.05) is 24.4 Å². The number of aromatic nitrogens is 2. The summed E-state index contributed by atoms with van der Waals surface area (Å²) in [5.74, 6) is 1.72. The predicted molar refractivity (Wildman–Crippen MR) is 219 cm³/mol. The number of hydrogen-bond donors (Lipinski definition) is 0. The first-order valence-electron chi connectivity index (χ1n) is 17.9. The lowest BCUT2D eigenvalue weighted by Gasteiger charge is -2.13. The van der Waals surface area contributed by atoms with Crippen LogP contribution in [0, 0.1) is 0 Å². The van der Waals surface area contributed by atoms with Gasteiger partial charge in [0.05, 0.1) is 16.7 Å². The van der Waals surface area contributed by atoms with E-state index in [4.69, 9.17) is 9.40 Å². The maximum Gasteiger partial charge on any atom is 0.143 e. The normalized spacial score (nSPS) is 11.4. The fourth-order valence-electron chi connectivity index (χ4n) is 7.64. The first-order chi connectivity index (χ1) is 26.3. The molecule has 3 aromatic heterocycles. The van der Waals surface area contributed by atoms with Gasteiger partial charge in [-0.05, 0) is 45.2 Å². The van der Waals surface area contributed by atoms with E-state index in [0.29, 0.717) is 0 Å². The molecule has 0 bridgehead atoms. The molecule has 53 heavy (non-hydrogen) atoms. The van der Waals surface area contributed by atoms with E-state index in [0.717, 1.165) is 88.9 Å². The molecule has 3 nitrogen and oxygen atoms in total. The van der Waals surface area contributed by atoms with Gasteiger partial charge in [0.2, 0.25) is 0 Å². The van der Waals surface area contributed by atoms with Gasteiger partial charge in [0.1, 0.15) is 11.5 Å². The summed E-state index contributed by atoms with van der Waals surface area (Å²) >= 11 is 0. The van der Waals surface area contributed by atoms with Gasteiger partial charge in [-0.2, -0.15) is 0 Å². The summed E-state index contributed by atoms with van der Waals surface area (Å²) in [5.41, 5.74) is 12.7. The van der Waals surface area contributed by atoms with Crippen molar-refractivity contribution < 1.29 is 4.42 Å². The molecule has 10 aromatic rings. The van der Waals surface area contributed by atoms with Crippen molar-refractivity contribution in [1.29, 1.82) is 0 Å². The molecule has 0 spiro atoms. The van der Waals surface area contributed by atoms with Gasteiger partial charge in [0, 0.05) is 44.8 Å². The predicted octanol–water partition coefficient (Wildman–Crippen LogP) is 13.5. The second-order valence-electron chi connectivity index (χ2n) is 13.3. The summed E-state index contributed by atoms with van der Waals surface area (Å²) in [4.78, 5) is 9.87. The van der Waals surface area contributed by atoms with Gasteiger partial charge in [-0.25, -0.2) is 4.98 Å². The highest BCUT2D eigenvalue weighted by atomic mass is 16.3. The minimum atomic E-state index is 0.858.